The van der Waals surface area contributed by atoms with Crippen LogP contribution in [-0.4, -0.2) is 50.5 Å². The van der Waals surface area contributed by atoms with Crippen LogP contribution < -0.4 is 9.62 Å². The van der Waals surface area contributed by atoms with Crippen molar-refractivity contribution < 1.29 is 22.4 Å². The number of sulfonamides is 1. The lowest BCUT2D eigenvalue weighted by Crippen LogP contribution is -2.51. The van der Waals surface area contributed by atoms with Crippen LogP contribution >= 0.6 is 23.2 Å². The van der Waals surface area contributed by atoms with Gasteiger partial charge in [0, 0.05) is 18.1 Å². The summed E-state index contributed by atoms with van der Waals surface area (Å²) in [5.41, 5.74) is 0.622. The van der Waals surface area contributed by atoms with E-state index in [0.29, 0.717) is 23.6 Å². The molecule has 0 aliphatic heterocycles. The predicted molar refractivity (Wildman–Crippen MR) is 128 cm³/mol. The quantitative estimate of drug-likeness (QED) is 0.518. The van der Waals surface area contributed by atoms with Crippen molar-refractivity contribution in [2.24, 2.45) is 0 Å². The van der Waals surface area contributed by atoms with Crippen molar-refractivity contribution in [3.63, 3.8) is 0 Å². The maximum Gasteiger partial charge on any atom is 0.244 e. The molecule has 0 saturated heterocycles. The second-order valence-electron chi connectivity index (χ2n) is 7.45. The summed E-state index contributed by atoms with van der Waals surface area (Å²) in [5.74, 6) is -1.74. The summed E-state index contributed by atoms with van der Waals surface area (Å²) in [4.78, 5) is 27.2. The fourth-order valence-corrected chi connectivity index (χ4v) is 4.25. The summed E-state index contributed by atoms with van der Waals surface area (Å²) >= 11 is 12.1. The number of carbonyl (C=O) groups is 2. The molecule has 0 bridgehead atoms. The highest BCUT2D eigenvalue weighted by molar-refractivity contribution is 7.92. The van der Waals surface area contributed by atoms with Gasteiger partial charge < -0.3 is 10.2 Å². The zero-order valence-electron chi connectivity index (χ0n) is 18.5. The van der Waals surface area contributed by atoms with Crippen LogP contribution in [0.25, 0.3) is 0 Å². The van der Waals surface area contributed by atoms with Gasteiger partial charge in [0.05, 0.1) is 17.0 Å². The van der Waals surface area contributed by atoms with Crippen molar-refractivity contribution in [3.8, 4) is 0 Å². The summed E-state index contributed by atoms with van der Waals surface area (Å²) in [5, 5.41) is 2.86. The highest BCUT2D eigenvalue weighted by atomic mass is 35.5. The molecule has 2 amide bonds. The smallest absolute Gasteiger partial charge is 0.244 e. The van der Waals surface area contributed by atoms with Gasteiger partial charge in [-0.05, 0) is 43.2 Å². The molecule has 0 unspecified atom stereocenters. The van der Waals surface area contributed by atoms with E-state index in [1.54, 1.807) is 31.2 Å². The number of carbonyl (C=O) groups excluding carboxylic acids is 2. The Balaban J connectivity index is 2.40. The minimum atomic E-state index is -3.94. The Bertz CT molecular complexity index is 1110. The van der Waals surface area contributed by atoms with Gasteiger partial charge in [-0.15, -0.1) is 0 Å². The van der Waals surface area contributed by atoms with Gasteiger partial charge in [0.2, 0.25) is 21.8 Å². The third kappa shape index (κ3) is 7.31. The zero-order chi connectivity index (χ0) is 24.8. The number of anilines is 1. The Kier molecular flexibility index (Phi) is 9.51. The molecular weight excluding hydrogens is 492 g/mol. The summed E-state index contributed by atoms with van der Waals surface area (Å²) in [6, 6.07) is 9.31. The standard InChI is InChI=1S/C22H26Cl2FN3O4S/c1-4-11-26-22(30)15(2)27(13-16-7-5-6-8-18(16)23)21(29)14-28(33(3,31)32)17-9-10-20(25)19(24)12-17/h5-10,12,15H,4,11,13-14H2,1-3H3,(H,26,30)/t15-/m1/s1. The lowest BCUT2D eigenvalue weighted by molar-refractivity contribution is -0.139. The molecule has 7 nitrogen and oxygen atoms in total. The maximum absolute atomic E-state index is 13.6. The molecule has 2 rings (SSSR count). The molecule has 0 spiro atoms. The first kappa shape index (κ1) is 26.9. The van der Waals surface area contributed by atoms with Crippen molar-refractivity contribution in [2.45, 2.75) is 32.9 Å². The van der Waals surface area contributed by atoms with E-state index in [4.69, 9.17) is 23.2 Å². The van der Waals surface area contributed by atoms with Gasteiger partial charge in [-0.1, -0.05) is 48.3 Å². The van der Waals surface area contributed by atoms with E-state index in [2.05, 4.69) is 5.32 Å². The SMILES string of the molecule is CCCNC(=O)[C@@H](C)N(Cc1ccccc1Cl)C(=O)CN(c1ccc(F)c(Cl)c1)S(C)(=O)=O. The van der Waals surface area contributed by atoms with Crippen LogP contribution in [0.5, 0.6) is 0 Å². The fraction of sp³-hybridized carbons (Fsp3) is 0.364. The minimum Gasteiger partial charge on any atom is -0.354 e. The number of hydrogen-bond acceptors (Lipinski definition) is 4. The molecule has 0 aliphatic carbocycles. The minimum absolute atomic E-state index is 0.0129. The molecule has 1 atom stereocenters. The zero-order valence-corrected chi connectivity index (χ0v) is 20.8. The molecule has 0 fully saturated rings. The molecule has 33 heavy (non-hydrogen) atoms. The second-order valence-corrected chi connectivity index (χ2v) is 10.2. The molecular formula is C22H26Cl2FN3O4S. The van der Waals surface area contributed by atoms with Gasteiger partial charge in [0.1, 0.15) is 18.4 Å². The summed E-state index contributed by atoms with van der Waals surface area (Å²) in [7, 11) is -3.94. The largest absolute Gasteiger partial charge is 0.354 e. The average molecular weight is 518 g/mol. The first-order valence-corrected chi connectivity index (χ1v) is 12.8. The van der Waals surface area contributed by atoms with Crippen LogP contribution in [0.3, 0.4) is 0 Å². The number of nitrogens with zero attached hydrogens (tertiary/aromatic N) is 2. The number of halogens is 3. The number of rotatable bonds is 10. The Labute approximate surface area is 203 Å². The van der Waals surface area contributed by atoms with Crippen molar-refractivity contribution in [1.82, 2.24) is 10.2 Å². The van der Waals surface area contributed by atoms with Crippen LogP contribution in [0, 0.1) is 5.82 Å². The first-order chi connectivity index (χ1) is 15.5. The van der Waals surface area contributed by atoms with Crippen LogP contribution in [0.4, 0.5) is 10.1 Å². The monoisotopic (exact) mass is 517 g/mol. The van der Waals surface area contributed by atoms with Gasteiger partial charge in [-0.2, -0.15) is 0 Å². The first-order valence-electron chi connectivity index (χ1n) is 10.2. The molecule has 11 heteroatoms. The summed E-state index contributed by atoms with van der Waals surface area (Å²) < 4.78 is 39.3. The molecule has 2 aromatic rings. The van der Waals surface area contributed by atoms with E-state index < -0.39 is 34.3 Å². The molecule has 180 valence electrons. The van der Waals surface area contributed by atoms with Crippen molar-refractivity contribution in [2.75, 3.05) is 23.7 Å². The predicted octanol–water partition coefficient (Wildman–Crippen LogP) is 3.84. The lowest BCUT2D eigenvalue weighted by Gasteiger charge is -2.31. The van der Waals surface area contributed by atoms with Crippen molar-refractivity contribution >= 4 is 50.7 Å². The number of hydrogen-bond donors (Lipinski definition) is 1. The molecule has 0 aliphatic rings. The Morgan fingerprint density at radius 3 is 2.36 bits per heavy atom. The fourth-order valence-electron chi connectivity index (χ4n) is 3.04. The Morgan fingerprint density at radius 2 is 1.79 bits per heavy atom. The van der Waals surface area contributed by atoms with Crippen molar-refractivity contribution in [1.29, 1.82) is 0 Å². The normalized spacial score (nSPS) is 12.2. The third-order valence-electron chi connectivity index (χ3n) is 4.89. The molecule has 0 saturated carbocycles. The Hall–Kier alpha value is -2.36. The van der Waals surface area contributed by atoms with Gasteiger partial charge in [0.25, 0.3) is 0 Å². The highest BCUT2D eigenvalue weighted by Crippen LogP contribution is 2.25. The van der Waals surface area contributed by atoms with E-state index in [1.165, 1.54) is 11.0 Å². The topological polar surface area (TPSA) is 86.8 Å². The second kappa shape index (κ2) is 11.7. The molecule has 1 N–H and O–H groups in total. The molecule has 0 aromatic heterocycles. The van der Waals surface area contributed by atoms with Gasteiger partial charge in [-0.3, -0.25) is 13.9 Å². The summed E-state index contributed by atoms with van der Waals surface area (Å²) in [6.07, 6.45) is 1.64. The highest BCUT2D eigenvalue weighted by Gasteiger charge is 2.30. The lowest BCUT2D eigenvalue weighted by atomic mass is 10.1. The molecule has 0 heterocycles. The van der Waals surface area contributed by atoms with E-state index in [-0.39, 0.29) is 23.2 Å². The van der Waals surface area contributed by atoms with E-state index in [9.17, 15) is 22.4 Å². The molecule has 0 radical (unpaired) electrons. The van der Waals surface area contributed by atoms with Crippen LogP contribution in [-0.2, 0) is 26.2 Å². The number of nitrogens with one attached hydrogen (secondary N) is 1. The van der Waals surface area contributed by atoms with Crippen molar-refractivity contribution in [3.05, 3.63) is 63.9 Å². The van der Waals surface area contributed by atoms with Crippen LogP contribution in [0.15, 0.2) is 42.5 Å². The van der Waals surface area contributed by atoms with Crippen LogP contribution in [0.1, 0.15) is 25.8 Å². The third-order valence-corrected chi connectivity index (χ3v) is 6.68. The Morgan fingerprint density at radius 1 is 1.12 bits per heavy atom. The maximum atomic E-state index is 13.6. The van der Waals surface area contributed by atoms with Crippen LogP contribution in [0.2, 0.25) is 10.0 Å². The number of benzene rings is 2. The van der Waals surface area contributed by atoms with Gasteiger partial charge >= 0.3 is 0 Å². The van der Waals surface area contributed by atoms with Gasteiger partial charge in [-0.25, -0.2) is 12.8 Å². The number of amides is 2. The van der Waals surface area contributed by atoms with E-state index >= 15 is 0 Å². The summed E-state index contributed by atoms with van der Waals surface area (Å²) in [6.45, 7) is 3.26. The molecule has 2 aromatic carbocycles. The van der Waals surface area contributed by atoms with E-state index in [0.717, 1.165) is 22.7 Å². The van der Waals surface area contributed by atoms with E-state index in [1.807, 2.05) is 6.92 Å². The average Bonchev–Trinajstić information content (AvgIpc) is 2.75. The van der Waals surface area contributed by atoms with Gasteiger partial charge in [0.15, 0.2) is 0 Å².